The van der Waals surface area contributed by atoms with Gasteiger partial charge in [-0.25, -0.2) is 0 Å². The highest BCUT2D eigenvalue weighted by molar-refractivity contribution is 6.63. The largest absolute Gasteiger partial charge is 0.484 e. The number of halogens is 3. The molecule has 0 saturated heterocycles. The molecule has 0 spiro atoms. The van der Waals surface area contributed by atoms with Crippen molar-refractivity contribution in [2.75, 3.05) is 0 Å². The molecule has 0 aromatic heterocycles. The predicted molar refractivity (Wildman–Crippen MR) is 60.4 cm³/mol. The molecule has 0 heterocycles. The third kappa shape index (κ3) is 1.22. The van der Waals surface area contributed by atoms with Crippen LogP contribution in [-0.4, -0.2) is 11.9 Å². The lowest BCUT2D eigenvalue weighted by Gasteiger charge is -2.75. The minimum Gasteiger partial charge on any atom is -0.449 e. The summed E-state index contributed by atoms with van der Waals surface area (Å²) in [5.74, 6) is 0. The second-order valence-electron chi connectivity index (χ2n) is 5.52. The minimum atomic E-state index is -4.83. The lowest BCUT2D eigenvalue weighted by Crippen LogP contribution is -2.67. The number of nitro benzene ring substituents is 1. The molecule has 2 bridgehead atoms. The Balaban J connectivity index is 1.92. The van der Waals surface area contributed by atoms with Gasteiger partial charge in [0, 0.05) is 11.6 Å². The van der Waals surface area contributed by atoms with Gasteiger partial charge in [0.25, 0.3) is 5.69 Å². The van der Waals surface area contributed by atoms with Gasteiger partial charge in [0.05, 0.1) is 4.92 Å². The molecule has 0 aliphatic heterocycles. The van der Waals surface area contributed by atoms with E-state index < -0.39 is 22.6 Å². The smallest absolute Gasteiger partial charge is 0.449 e. The van der Waals surface area contributed by atoms with Crippen LogP contribution in [0.2, 0.25) is 5.31 Å². The quantitative estimate of drug-likeness (QED) is 0.471. The summed E-state index contributed by atoms with van der Waals surface area (Å²) in [6.45, 7) is -4.83. The zero-order chi connectivity index (χ0) is 13.2. The normalized spacial score (nSPS) is 33.5. The van der Waals surface area contributed by atoms with Crippen LogP contribution in [0, 0.1) is 10.1 Å². The lowest BCUT2D eigenvalue weighted by molar-refractivity contribution is -0.386. The van der Waals surface area contributed by atoms with Gasteiger partial charge in [-0.15, -0.1) is 0 Å². The van der Waals surface area contributed by atoms with E-state index in [1.165, 1.54) is 12.1 Å². The summed E-state index contributed by atoms with van der Waals surface area (Å²) in [6, 6.07) is 6.14. The van der Waals surface area contributed by atoms with Crippen molar-refractivity contribution in [3.05, 3.63) is 39.9 Å². The number of hydrogen-bond acceptors (Lipinski definition) is 2. The Morgan fingerprint density at radius 2 is 1.72 bits per heavy atom. The molecule has 4 rings (SSSR count). The van der Waals surface area contributed by atoms with Gasteiger partial charge in [0.15, 0.2) is 0 Å². The molecule has 0 atom stereocenters. The van der Waals surface area contributed by atoms with Crippen LogP contribution in [0.5, 0.6) is 0 Å². The summed E-state index contributed by atoms with van der Waals surface area (Å²) in [5.41, 5.74) is -0.182. The lowest BCUT2D eigenvalue weighted by atomic mass is 9.23. The Labute approximate surface area is 101 Å². The van der Waals surface area contributed by atoms with Crippen molar-refractivity contribution >= 4 is 12.7 Å². The van der Waals surface area contributed by atoms with Crippen LogP contribution in [0.15, 0.2) is 24.3 Å². The van der Waals surface area contributed by atoms with E-state index in [0.29, 0.717) is 5.56 Å². The van der Waals surface area contributed by atoms with Crippen LogP contribution in [0.3, 0.4) is 0 Å². The van der Waals surface area contributed by atoms with Crippen LogP contribution in [0.1, 0.15) is 24.8 Å². The van der Waals surface area contributed by atoms with E-state index in [9.17, 15) is 23.1 Å². The molecule has 1 aromatic carbocycles. The Hall–Kier alpha value is -1.53. The van der Waals surface area contributed by atoms with Gasteiger partial charge < -0.3 is 12.9 Å². The fourth-order valence-electron chi connectivity index (χ4n) is 3.58. The molecular formula is C11H10BF3NO2-. The van der Waals surface area contributed by atoms with Gasteiger partial charge in [-0.05, 0) is 5.41 Å². The van der Waals surface area contributed by atoms with Crippen LogP contribution < -0.4 is 0 Å². The van der Waals surface area contributed by atoms with E-state index in [1.54, 1.807) is 12.1 Å². The molecule has 18 heavy (non-hydrogen) atoms. The second-order valence-corrected chi connectivity index (χ2v) is 5.52. The molecule has 0 unspecified atom stereocenters. The number of hydrogen-bond donors (Lipinski definition) is 0. The van der Waals surface area contributed by atoms with Crippen molar-refractivity contribution in [3.8, 4) is 0 Å². The number of nitro groups is 1. The van der Waals surface area contributed by atoms with Gasteiger partial charge in [0.2, 0.25) is 0 Å². The molecule has 3 saturated carbocycles. The number of benzene rings is 1. The average Bonchev–Trinajstić information content (AvgIpc) is 2.11. The van der Waals surface area contributed by atoms with Crippen molar-refractivity contribution < 1.29 is 17.9 Å². The highest BCUT2D eigenvalue weighted by atomic mass is 19.4. The standard InChI is InChI=1S/C11H10BF3NO2/c13-12(14,15)11-5-10(6-11,7-11)8-3-1-2-4-9(8)16(17)18/h1-4H,5-7H2/q-1. The number of nitrogens with zero attached hydrogens (tertiary/aromatic N) is 1. The Bertz CT molecular complexity index is 524. The molecule has 3 aliphatic carbocycles. The summed E-state index contributed by atoms with van der Waals surface area (Å²) in [7, 11) is 0. The third-order valence-corrected chi connectivity index (χ3v) is 4.44. The Morgan fingerprint density at radius 3 is 2.22 bits per heavy atom. The molecule has 7 heteroatoms. The van der Waals surface area contributed by atoms with Crippen molar-refractivity contribution in [2.24, 2.45) is 0 Å². The first kappa shape index (κ1) is 11.6. The summed E-state index contributed by atoms with van der Waals surface area (Å²) >= 11 is 0. The van der Waals surface area contributed by atoms with Crippen LogP contribution in [0.4, 0.5) is 18.6 Å². The third-order valence-electron chi connectivity index (χ3n) is 4.44. The predicted octanol–water partition coefficient (Wildman–Crippen LogP) is 3.62. The molecule has 0 amide bonds. The SMILES string of the molecule is O=[N+]([O-])c1ccccc1C12CC([B-](F)(F)F)(C1)C2. The van der Waals surface area contributed by atoms with Gasteiger partial charge in [-0.2, -0.15) is 0 Å². The summed E-state index contributed by atoms with van der Waals surface area (Å²) in [4.78, 5) is 10.4. The molecular weight excluding hydrogens is 246 g/mol. The van der Waals surface area contributed by atoms with E-state index in [4.69, 9.17) is 0 Å². The fraction of sp³-hybridized carbons (Fsp3) is 0.455. The van der Waals surface area contributed by atoms with Crippen molar-refractivity contribution in [3.63, 3.8) is 0 Å². The first-order valence-corrected chi connectivity index (χ1v) is 5.73. The van der Waals surface area contributed by atoms with Gasteiger partial charge in [0.1, 0.15) is 0 Å². The molecule has 3 fully saturated rings. The topological polar surface area (TPSA) is 43.1 Å². The van der Waals surface area contributed by atoms with E-state index in [-0.39, 0.29) is 24.9 Å². The van der Waals surface area contributed by atoms with E-state index >= 15 is 0 Å². The van der Waals surface area contributed by atoms with Crippen molar-refractivity contribution in [1.82, 2.24) is 0 Å². The number of para-hydroxylation sites is 1. The molecule has 0 N–H and O–H groups in total. The Morgan fingerprint density at radius 1 is 1.17 bits per heavy atom. The van der Waals surface area contributed by atoms with Crippen LogP contribution in [0.25, 0.3) is 0 Å². The molecule has 0 radical (unpaired) electrons. The molecule has 3 aliphatic rings. The van der Waals surface area contributed by atoms with Crippen LogP contribution >= 0.6 is 0 Å². The van der Waals surface area contributed by atoms with Gasteiger partial charge >= 0.3 is 6.98 Å². The highest BCUT2D eigenvalue weighted by Crippen LogP contribution is 2.83. The minimum absolute atomic E-state index is 0.0222. The molecule has 96 valence electrons. The first-order chi connectivity index (χ1) is 8.30. The maximum Gasteiger partial charge on any atom is 0.484 e. The van der Waals surface area contributed by atoms with E-state index in [1.807, 2.05) is 0 Å². The Kier molecular flexibility index (Phi) is 1.97. The van der Waals surface area contributed by atoms with Crippen LogP contribution in [-0.2, 0) is 5.41 Å². The maximum atomic E-state index is 12.8. The van der Waals surface area contributed by atoms with E-state index in [2.05, 4.69) is 0 Å². The summed E-state index contributed by atoms with van der Waals surface area (Å²) in [5, 5.41) is 9.38. The molecule has 3 nitrogen and oxygen atoms in total. The maximum absolute atomic E-state index is 12.8. The fourth-order valence-corrected chi connectivity index (χ4v) is 3.58. The van der Waals surface area contributed by atoms with Crippen molar-refractivity contribution in [1.29, 1.82) is 0 Å². The van der Waals surface area contributed by atoms with Gasteiger partial charge in [-0.3, -0.25) is 10.1 Å². The number of rotatable bonds is 3. The zero-order valence-corrected chi connectivity index (χ0v) is 9.41. The monoisotopic (exact) mass is 256 g/mol. The second kappa shape index (κ2) is 3.07. The van der Waals surface area contributed by atoms with Crippen molar-refractivity contribution in [2.45, 2.75) is 30.0 Å². The first-order valence-electron chi connectivity index (χ1n) is 5.73. The van der Waals surface area contributed by atoms with Gasteiger partial charge in [-0.1, -0.05) is 42.8 Å². The zero-order valence-electron chi connectivity index (χ0n) is 9.41. The summed E-state index contributed by atoms with van der Waals surface area (Å²) in [6.07, 6.45) is 0.0665. The van der Waals surface area contributed by atoms with E-state index in [0.717, 1.165) is 0 Å². The average molecular weight is 256 g/mol. The summed E-state index contributed by atoms with van der Waals surface area (Å²) < 4.78 is 38.4. The molecule has 1 aromatic rings. The highest BCUT2D eigenvalue weighted by Gasteiger charge is 2.75.